The lowest BCUT2D eigenvalue weighted by Crippen LogP contribution is -2.44. The Kier molecular flexibility index (Phi) is 1.72. The number of hydrogen-bond donors (Lipinski definition) is 1. The third-order valence-corrected chi connectivity index (χ3v) is 1.66. The van der Waals surface area contributed by atoms with Crippen molar-refractivity contribution >= 4 is 11.7 Å². The maximum absolute atomic E-state index is 10.8. The van der Waals surface area contributed by atoms with E-state index in [-0.39, 0.29) is 11.9 Å². The molecule has 4 heteroatoms. The van der Waals surface area contributed by atoms with E-state index < -0.39 is 5.54 Å². The van der Waals surface area contributed by atoms with Crippen molar-refractivity contribution in [1.82, 2.24) is 0 Å². The summed E-state index contributed by atoms with van der Waals surface area (Å²) in [7, 11) is 0. The minimum absolute atomic E-state index is 0.296. The van der Waals surface area contributed by atoms with Crippen LogP contribution in [-0.4, -0.2) is 17.2 Å². The van der Waals surface area contributed by atoms with Crippen molar-refractivity contribution in [1.29, 1.82) is 0 Å². The van der Waals surface area contributed by atoms with E-state index in [1.165, 1.54) is 0 Å². The second-order valence-electron chi connectivity index (χ2n) is 3.33. The standard InChI is InChI=1S/C7H12N2O2/c1-4-5(7(2,3)8)9-11-6(4)10/h4H,8H2,1-3H3. The van der Waals surface area contributed by atoms with Gasteiger partial charge in [0.05, 0.1) is 11.3 Å². The third kappa shape index (κ3) is 1.40. The number of nitrogens with two attached hydrogens (primary N) is 1. The van der Waals surface area contributed by atoms with Crippen LogP contribution in [0.15, 0.2) is 5.16 Å². The maximum Gasteiger partial charge on any atom is 0.343 e. The zero-order valence-corrected chi connectivity index (χ0v) is 6.92. The van der Waals surface area contributed by atoms with Gasteiger partial charge in [-0.25, -0.2) is 4.79 Å². The summed E-state index contributed by atoms with van der Waals surface area (Å²) in [5.74, 6) is -0.617. The Balaban J connectivity index is 2.84. The second kappa shape index (κ2) is 2.30. The molecule has 0 amide bonds. The van der Waals surface area contributed by atoms with E-state index in [2.05, 4.69) is 9.99 Å². The summed E-state index contributed by atoms with van der Waals surface area (Å²) in [6.07, 6.45) is 0. The monoisotopic (exact) mass is 156 g/mol. The Hall–Kier alpha value is -0.900. The molecule has 1 unspecified atom stereocenters. The summed E-state index contributed by atoms with van der Waals surface area (Å²) in [6.45, 7) is 5.33. The molecule has 11 heavy (non-hydrogen) atoms. The maximum atomic E-state index is 10.8. The first kappa shape index (κ1) is 8.20. The van der Waals surface area contributed by atoms with Gasteiger partial charge in [-0.3, -0.25) is 0 Å². The van der Waals surface area contributed by atoms with Gasteiger partial charge < -0.3 is 10.6 Å². The molecule has 0 aromatic rings. The zero-order valence-electron chi connectivity index (χ0n) is 6.92. The first-order valence-electron chi connectivity index (χ1n) is 3.51. The molecule has 0 aromatic heterocycles. The van der Waals surface area contributed by atoms with Crippen LogP contribution in [-0.2, 0) is 9.63 Å². The Morgan fingerprint density at radius 1 is 1.64 bits per heavy atom. The fourth-order valence-electron chi connectivity index (χ4n) is 1.04. The highest BCUT2D eigenvalue weighted by molar-refractivity contribution is 6.08. The van der Waals surface area contributed by atoms with Crippen LogP contribution in [0.3, 0.4) is 0 Å². The van der Waals surface area contributed by atoms with Crippen LogP contribution in [0.5, 0.6) is 0 Å². The molecule has 0 aliphatic carbocycles. The topological polar surface area (TPSA) is 64.7 Å². The number of carbonyl (C=O) groups is 1. The lowest BCUT2D eigenvalue weighted by Gasteiger charge is -2.18. The molecule has 4 nitrogen and oxygen atoms in total. The Morgan fingerprint density at radius 2 is 2.18 bits per heavy atom. The van der Waals surface area contributed by atoms with Gasteiger partial charge in [-0.05, 0) is 20.8 Å². The van der Waals surface area contributed by atoms with Gasteiger partial charge in [-0.1, -0.05) is 5.16 Å². The summed E-state index contributed by atoms with van der Waals surface area (Å²) in [4.78, 5) is 15.3. The number of hydrogen-bond acceptors (Lipinski definition) is 4. The lowest BCUT2D eigenvalue weighted by molar-refractivity contribution is -0.142. The van der Waals surface area contributed by atoms with E-state index >= 15 is 0 Å². The normalized spacial score (nSPS) is 24.9. The number of carbonyl (C=O) groups excluding carboxylic acids is 1. The fraction of sp³-hybridized carbons (Fsp3) is 0.714. The Labute approximate surface area is 65.4 Å². The molecule has 1 aliphatic rings. The molecule has 1 rings (SSSR count). The SMILES string of the molecule is CC1C(=O)ON=C1C(C)(C)N. The van der Waals surface area contributed by atoms with E-state index in [9.17, 15) is 4.79 Å². The minimum atomic E-state index is -0.564. The van der Waals surface area contributed by atoms with Crippen LogP contribution >= 0.6 is 0 Å². The highest BCUT2D eigenvalue weighted by Crippen LogP contribution is 2.18. The predicted octanol–water partition coefficient (Wildman–Crippen LogP) is 0.273. The smallest absolute Gasteiger partial charge is 0.321 e. The molecular formula is C7H12N2O2. The van der Waals surface area contributed by atoms with Crippen LogP contribution in [0.1, 0.15) is 20.8 Å². The van der Waals surface area contributed by atoms with Crippen molar-refractivity contribution < 1.29 is 9.63 Å². The van der Waals surface area contributed by atoms with Crippen LogP contribution in [0.25, 0.3) is 0 Å². The molecule has 0 saturated carbocycles. The second-order valence-corrected chi connectivity index (χ2v) is 3.33. The molecule has 0 aromatic carbocycles. The van der Waals surface area contributed by atoms with Gasteiger partial charge >= 0.3 is 5.97 Å². The minimum Gasteiger partial charge on any atom is -0.321 e. The quantitative estimate of drug-likeness (QED) is 0.554. The molecule has 0 radical (unpaired) electrons. The van der Waals surface area contributed by atoms with Gasteiger partial charge in [-0.15, -0.1) is 0 Å². The summed E-state index contributed by atoms with van der Waals surface area (Å²) in [6, 6.07) is 0. The van der Waals surface area contributed by atoms with Crippen molar-refractivity contribution in [3.05, 3.63) is 0 Å². The molecule has 62 valence electrons. The van der Waals surface area contributed by atoms with E-state index in [1.807, 2.05) is 0 Å². The van der Waals surface area contributed by atoms with Gasteiger partial charge in [0.1, 0.15) is 5.92 Å². The van der Waals surface area contributed by atoms with Crippen LogP contribution in [0.2, 0.25) is 0 Å². The average molecular weight is 156 g/mol. The molecule has 2 N–H and O–H groups in total. The van der Waals surface area contributed by atoms with Gasteiger partial charge in [0.15, 0.2) is 0 Å². The number of oxime groups is 1. The van der Waals surface area contributed by atoms with Crippen LogP contribution in [0.4, 0.5) is 0 Å². The molecule has 0 bridgehead atoms. The van der Waals surface area contributed by atoms with Crippen molar-refractivity contribution in [2.24, 2.45) is 16.8 Å². The highest BCUT2D eigenvalue weighted by atomic mass is 16.7. The van der Waals surface area contributed by atoms with Crippen molar-refractivity contribution in [2.45, 2.75) is 26.3 Å². The summed E-state index contributed by atoms with van der Waals surface area (Å²) in [5, 5.41) is 3.61. The van der Waals surface area contributed by atoms with E-state index in [1.54, 1.807) is 20.8 Å². The van der Waals surface area contributed by atoms with E-state index in [0.717, 1.165) is 0 Å². The van der Waals surface area contributed by atoms with Gasteiger partial charge in [0.2, 0.25) is 0 Å². The summed E-state index contributed by atoms with van der Waals surface area (Å²) >= 11 is 0. The van der Waals surface area contributed by atoms with E-state index in [0.29, 0.717) is 5.71 Å². The van der Waals surface area contributed by atoms with Gasteiger partial charge in [0.25, 0.3) is 0 Å². The predicted molar refractivity (Wildman–Crippen MR) is 41.0 cm³/mol. The lowest BCUT2D eigenvalue weighted by atomic mass is 9.91. The highest BCUT2D eigenvalue weighted by Gasteiger charge is 2.36. The van der Waals surface area contributed by atoms with Crippen molar-refractivity contribution in [3.63, 3.8) is 0 Å². The Morgan fingerprint density at radius 3 is 2.36 bits per heavy atom. The van der Waals surface area contributed by atoms with Crippen LogP contribution < -0.4 is 5.73 Å². The molecule has 1 heterocycles. The molecule has 0 fully saturated rings. The Bertz CT molecular complexity index is 215. The molecule has 0 saturated heterocycles. The molecule has 1 aliphatic heterocycles. The largest absolute Gasteiger partial charge is 0.343 e. The van der Waals surface area contributed by atoms with Crippen LogP contribution in [0, 0.1) is 5.92 Å². The van der Waals surface area contributed by atoms with Gasteiger partial charge in [0, 0.05) is 0 Å². The van der Waals surface area contributed by atoms with E-state index in [4.69, 9.17) is 5.73 Å². The molecular weight excluding hydrogens is 144 g/mol. The summed E-state index contributed by atoms with van der Waals surface area (Å²) < 4.78 is 0. The number of rotatable bonds is 1. The fourth-order valence-corrected chi connectivity index (χ4v) is 1.04. The third-order valence-electron chi connectivity index (χ3n) is 1.66. The molecule has 1 atom stereocenters. The van der Waals surface area contributed by atoms with Crippen molar-refractivity contribution in [2.75, 3.05) is 0 Å². The zero-order chi connectivity index (χ0) is 8.65. The first-order chi connectivity index (χ1) is 4.93. The summed E-state index contributed by atoms with van der Waals surface area (Å²) in [5.41, 5.74) is 5.78. The average Bonchev–Trinajstić information content (AvgIpc) is 2.11. The molecule has 0 spiro atoms. The number of nitrogens with zero attached hydrogens (tertiary/aromatic N) is 1. The first-order valence-corrected chi connectivity index (χ1v) is 3.51. The van der Waals surface area contributed by atoms with Crippen molar-refractivity contribution in [3.8, 4) is 0 Å². The van der Waals surface area contributed by atoms with Gasteiger partial charge in [-0.2, -0.15) is 0 Å².